The van der Waals surface area contributed by atoms with Gasteiger partial charge in [-0.1, -0.05) is 31.5 Å². The van der Waals surface area contributed by atoms with Crippen molar-refractivity contribution < 1.29 is 13.2 Å². The molecular formula is C12H16Cl2O3S. The van der Waals surface area contributed by atoms with E-state index in [-0.39, 0.29) is 12.4 Å². The number of aryl methyl sites for hydroxylation is 1. The molecule has 0 aliphatic rings. The van der Waals surface area contributed by atoms with E-state index >= 15 is 0 Å². The molecule has 0 N–H and O–H groups in total. The molecule has 0 spiro atoms. The highest BCUT2D eigenvalue weighted by Crippen LogP contribution is 2.28. The lowest BCUT2D eigenvalue weighted by molar-refractivity contribution is 0.200. The van der Waals surface area contributed by atoms with Crippen molar-refractivity contribution >= 4 is 31.3 Å². The Hall–Kier alpha value is -0.450. The maximum atomic E-state index is 11.1. The lowest BCUT2D eigenvalue weighted by Gasteiger charge is -2.23. The molecule has 0 heterocycles. The summed E-state index contributed by atoms with van der Waals surface area (Å²) in [7, 11) is 1.70. The summed E-state index contributed by atoms with van der Waals surface area (Å²) in [6.45, 7) is 5.70. The van der Waals surface area contributed by atoms with Crippen LogP contribution in [0.1, 0.15) is 19.4 Å². The maximum absolute atomic E-state index is 11.1. The number of halogens is 2. The summed E-state index contributed by atoms with van der Waals surface area (Å²) in [6, 6.07) is 5.44. The summed E-state index contributed by atoms with van der Waals surface area (Å²) in [4.78, 5) is 0. The van der Waals surface area contributed by atoms with Gasteiger partial charge in [-0.15, -0.1) is 0 Å². The Labute approximate surface area is 117 Å². The van der Waals surface area contributed by atoms with Gasteiger partial charge in [0.1, 0.15) is 5.75 Å². The van der Waals surface area contributed by atoms with Crippen LogP contribution in [-0.2, 0) is 9.05 Å². The fraction of sp³-hybridized carbons (Fsp3) is 0.500. The number of hydrogen-bond donors (Lipinski definition) is 0. The van der Waals surface area contributed by atoms with E-state index in [1.807, 2.05) is 19.1 Å². The summed E-state index contributed by atoms with van der Waals surface area (Å²) >= 11 is 5.99. The van der Waals surface area contributed by atoms with Crippen molar-refractivity contribution in [3.8, 4) is 5.75 Å². The Morgan fingerprint density at radius 3 is 2.50 bits per heavy atom. The van der Waals surface area contributed by atoms with Gasteiger partial charge in [0.05, 0.1) is 17.4 Å². The number of rotatable bonds is 5. The Morgan fingerprint density at radius 1 is 1.33 bits per heavy atom. The molecule has 0 fully saturated rings. The Morgan fingerprint density at radius 2 is 1.94 bits per heavy atom. The van der Waals surface area contributed by atoms with E-state index in [0.717, 1.165) is 5.56 Å². The Balaban J connectivity index is 2.72. The van der Waals surface area contributed by atoms with Crippen LogP contribution in [0, 0.1) is 12.3 Å². The van der Waals surface area contributed by atoms with Crippen LogP contribution >= 0.6 is 22.3 Å². The first kappa shape index (κ1) is 15.6. The van der Waals surface area contributed by atoms with E-state index in [1.165, 1.54) is 0 Å². The maximum Gasteiger partial charge on any atom is 0.233 e. The largest absolute Gasteiger partial charge is 0.491 e. The minimum Gasteiger partial charge on any atom is -0.491 e. The molecule has 0 amide bonds. The second-order valence-corrected chi connectivity index (χ2v) is 8.25. The third-order valence-electron chi connectivity index (χ3n) is 2.27. The minimum atomic E-state index is -3.55. The lowest BCUT2D eigenvalue weighted by Crippen LogP contribution is -2.28. The van der Waals surface area contributed by atoms with Gasteiger partial charge in [-0.2, -0.15) is 0 Å². The highest BCUT2D eigenvalue weighted by Gasteiger charge is 2.26. The van der Waals surface area contributed by atoms with Crippen molar-refractivity contribution in [2.75, 3.05) is 12.4 Å². The van der Waals surface area contributed by atoms with Crippen LogP contribution in [0.4, 0.5) is 0 Å². The number of benzene rings is 1. The lowest BCUT2D eigenvalue weighted by atomic mass is 9.98. The Bertz CT molecular complexity index is 524. The van der Waals surface area contributed by atoms with Gasteiger partial charge in [-0.25, -0.2) is 8.42 Å². The molecule has 6 heteroatoms. The van der Waals surface area contributed by atoms with Crippen molar-refractivity contribution in [1.82, 2.24) is 0 Å². The van der Waals surface area contributed by atoms with Gasteiger partial charge >= 0.3 is 0 Å². The first-order chi connectivity index (χ1) is 8.09. The molecule has 0 saturated carbocycles. The number of ether oxygens (including phenoxy) is 1. The van der Waals surface area contributed by atoms with Crippen molar-refractivity contribution in [3.05, 3.63) is 28.8 Å². The van der Waals surface area contributed by atoms with E-state index in [9.17, 15) is 8.42 Å². The zero-order chi connectivity index (χ0) is 14.0. The smallest absolute Gasteiger partial charge is 0.233 e. The molecule has 0 atom stereocenters. The van der Waals surface area contributed by atoms with Crippen LogP contribution in [0.25, 0.3) is 0 Å². The van der Waals surface area contributed by atoms with E-state index < -0.39 is 14.5 Å². The second-order valence-electron chi connectivity index (χ2n) is 5.07. The average Bonchev–Trinajstić information content (AvgIpc) is 2.16. The van der Waals surface area contributed by atoms with Gasteiger partial charge in [-0.3, -0.25) is 0 Å². The highest BCUT2D eigenvalue weighted by atomic mass is 35.7. The highest BCUT2D eigenvalue weighted by molar-refractivity contribution is 8.13. The van der Waals surface area contributed by atoms with Gasteiger partial charge < -0.3 is 4.74 Å². The molecule has 1 rings (SSSR count). The van der Waals surface area contributed by atoms with Crippen LogP contribution in [0.5, 0.6) is 5.75 Å². The summed E-state index contributed by atoms with van der Waals surface area (Å²) in [6.07, 6.45) is 0. The van der Waals surface area contributed by atoms with E-state index in [0.29, 0.717) is 10.8 Å². The predicted octanol–water partition coefficient (Wildman–Crippen LogP) is 3.62. The zero-order valence-corrected chi connectivity index (χ0v) is 12.9. The average molecular weight is 311 g/mol. The van der Waals surface area contributed by atoms with Gasteiger partial charge in [0.15, 0.2) is 0 Å². The normalized spacial score (nSPS) is 12.5. The van der Waals surface area contributed by atoms with Gasteiger partial charge in [0.2, 0.25) is 9.05 Å². The standard InChI is InChI=1S/C12H16Cl2O3S/c1-9-4-5-10(13)11(6-9)17-7-12(2,3)8-18(14,15)16/h4-6H,7-8H2,1-3H3. The first-order valence-electron chi connectivity index (χ1n) is 5.40. The van der Waals surface area contributed by atoms with Crippen molar-refractivity contribution in [2.45, 2.75) is 20.8 Å². The third kappa shape index (κ3) is 5.46. The summed E-state index contributed by atoms with van der Waals surface area (Å²) in [5.74, 6) is 0.405. The summed E-state index contributed by atoms with van der Waals surface area (Å²) < 4.78 is 27.7. The fourth-order valence-corrected chi connectivity index (χ4v) is 3.58. The first-order valence-corrected chi connectivity index (χ1v) is 8.26. The fourth-order valence-electron chi connectivity index (χ4n) is 1.50. The van der Waals surface area contributed by atoms with Gasteiger partial charge in [0.25, 0.3) is 0 Å². The molecular weight excluding hydrogens is 295 g/mol. The minimum absolute atomic E-state index is 0.148. The molecule has 0 saturated heterocycles. The quantitative estimate of drug-likeness (QED) is 0.780. The molecule has 0 radical (unpaired) electrons. The topological polar surface area (TPSA) is 43.4 Å². The molecule has 1 aromatic carbocycles. The number of hydrogen-bond acceptors (Lipinski definition) is 3. The molecule has 18 heavy (non-hydrogen) atoms. The van der Waals surface area contributed by atoms with Gasteiger partial charge in [-0.05, 0) is 24.6 Å². The van der Waals surface area contributed by atoms with E-state index in [2.05, 4.69) is 0 Å². The van der Waals surface area contributed by atoms with E-state index in [4.69, 9.17) is 27.0 Å². The van der Waals surface area contributed by atoms with Crippen molar-refractivity contribution in [3.63, 3.8) is 0 Å². The van der Waals surface area contributed by atoms with Crippen LogP contribution in [0.3, 0.4) is 0 Å². The monoisotopic (exact) mass is 310 g/mol. The second kappa shape index (κ2) is 5.68. The van der Waals surface area contributed by atoms with Crippen LogP contribution in [0.2, 0.25) is 5.02 Å². The van der Waals surface area contributed by atoms with Crippen molar-refractivity contribution in [2.24, 2.45) is 5.41 Å². The Kier molecular flexibility index (Phi) is 4.92. The van der Waals surface area contributed by atoms with E-state index in [1.54, 1.807) is 19.9 Å². The van der Waals surface area contributed by atoms with Crippen LogP contribution in [0.15, 0.2) is 18.2 Å². The summed E-state index contributed by atoms with van der Waals surface area (Å²) in [5.41, 5.74) is 0.449. The molecule has 102 valence electrons. The SMILES string of the molecule is Cc1ccc(Cl)c(OCC(C)(C)CS(=O)(=O)Cl)c1. The molecule has 0 aromatic heterocycles. The molecule has 0 unspecified atom stereocenters. The summed E-state index contributed by atoms with van der Waals surface area (Å²) in [5, 5.41) is 0.505. The predicted molar refractivity (Wildman–Crippen MR) is 75.1 cm³/mol. The zero-order valence-electron chi connectivity index (χ0n) is 10.5. The third-order valence-corrected chi connectivity index (χ3v) is 4.03. The van der Waals surface area contributed by atoms with Crippen molar-refractivity contribution in [1.29, 1.82) is 0 Å². The molecule has 1 aromatic rings. The molecule has 0 aliphatic carbocycles. The molecule has 0 bridgehead atoms. The van der Waals surface area contributed by atoms with Crippen LogP contribution < -0.4 is 4.74 Å². The molecule has 0 aliphatic heterocycles. The van der Waals surface area contributed by atoms with Crippen LogP contribution in [-0.4, -0.2) is 20.8 Å². The van der Waals surface area contributed by atoms with Gasteiger partial charge in [0, 0.05) is 16.1 Å². The molecule has 3 nitrogen and oxygen atoms in total.